The van der Waals surface area contributed by atoms with Crippen molar-refractivity contribution < 1.29 is 9.21 Å². The van der Waals surface area contributed by atoms with Crippen molar-refractivity contribution in [1.82, 2.24) is 10.6 Å². The van der Waals surface area contributed by atoms with Crippen molar-refractivity contribution in [2.75, 3.05) is 18.0 Å². The van der Waals surface area contributed by atoms with Gasteiger partial charge in [0.2, 0.25) is 0 Å². The zero-order valence-corrected chi connectivity index (χ0v) is 17.1. The number of rotatable bonds is 4. The smallest absolute Gasteiger partial charge is 0.255 e. The van der Waals surface area contributed by atoms with Crippen LogP contribution < -0.4 is 15.5 Å². The second kappa shape index (κ2) is 9.49. The van der Waals surface area contributed by atoms with Gasteiger partial charge in [-0.3, -0.25) is 4.79 Å². The molecule has 2 aromatic rings. The van der Waals surface area contributed by atoms with Gasteiger partial charge in [-0.25, -0.2) is 0 Å². The number of amides is 1. The van der Waals surface area contributed by atoms with E-state index in [4.69, 9.17) is 4.42 Å². The molecular weight excluding hydrogens is 385 g/mol. The number of carbonyl (C=O) groups is 1. The van der Waals surface area contributed by atoms with Gasteiger partial charge in [0, 0.05) is 24.3 Å². The third-order valence-corrected chi connectivity index (χ3v) is 5.28. The highest BCUT2D eigenvalue weighted by Crippen LogP contribution is 2.33. The molecule has 0 saturated carbocycles. The molecule has 2 unspecified atom stereocenters. The molecule has 148 valence electrons. The Morgan fingerprint density at radius 3 is 2.89 bits per heavy atom. The number of para-hydroxylation sites is 1. The van der Waals surface area contributed by atoms with Gasteiger partial charge < -0.3 is 20.0 Å². The van der Waals surface area contributed by atoms with Crippen molar-refractivity contribution in [3.63, 3.8) is 0 Å². The summed E-state index contributed by atoms with van der Waals surface area (Å²) in [6.07, 6.45) is 4.79. The predicted octanol–water partition coefficient (Wildman–Crippen LogP) is 3.56. The molecule has 4 rings (SSSR count). The Morgan fingerprint density at radius 2 is 2.11 bits per heavy atom. The number of anilines is 1. The number of furan rings is 1. The fourth-order valence-corrected chi connectivity index (χ4v) is 3.93. The summed E-state index contributed by atoms with van der Waals surface area (Å²) >= 11 is 0. The molecule has 1 fully saturated rings. The molecule has 0 aliphatic carbocycles. The van der Waals surface area contributed by atoms with E-state index in [9.17, 15) is 4.79 Å². The maximum Gasteiger partial charge on any atom is 0.255 e. The van der Waals surface area contributed by atoms with Crippen LogP contribution in [0.15, 0.2) is 41.0 Å². The Bertz CT molecular complexity index is 759. The summed E-state index contributed by atoms with van der Waals surface area (Å²) in [4.78, 5) is 15.0. The van der Waals surface area contributed by atoms with Gasteiger partial charge in [-0.15, -0.1) is 24.8 Å². The quantitative estimate of drug-likeness (QED) is 0.807. The third-order valence-electron chi connectivity index (χ3n) is 5.28. The Kier molecular flexibility index (Phi) is 7.59. The average molecular weight is 412 g/mol. The first-order chi connectivity index (χ1) is 12.2. The molecule has 3 heterocycles. The van der Waals surface area contributed by atoms with E-state index >= 15 is 0 Å². The molecular formula is C20H27Cl2N3O2. The molecule has 1 saturated heterocycles. The Morgan fingerprint density at radius 1 is 1.30 bits per heavy atom. The Hall–Kier alpha value is -1.69. The number of carbonyl (C=O) groups excluding carboxylic acids is 1. The molecule has 0 bridgehead atoms. The molecule has 0 spiro atoms. The predicted molar refractivity (Wildman–Crippen MR) is 112 cm³/mol. The highest BCUT2D eigenvalue weighted by Gasteiger charge is 2.28. The normalized spacial score (nSPS) is 21.0. The number of hydrogen-bond acceptors (Lipinski definition) is 4. The minimum atomic E-state index is -0.0300. The van der Waals surface area contributed by atoms with Gasteiger partial charge in [0.05, 0.1) is 18.4 Å². The van der Waals surface area contributed by atoms with Crippen LogP contribution in [-0.4, -0.2) is 31.1 Å². The molecule has 0 radical (unpaired) electrons. The molecule has 5 nitrogen and oxygen atoms in total. The number of piperidine rings is 1. The SMILES string of the molecule is CC1Cc2ccccc2N1Cc1occc1C(=O)NC1CCCNC1.Cl.Cl. The summed E-state index contributed by atoms with van der Waals surface area (Å²) in [5, 5.41) is 6.47. The Balaban J connectivity index is 0.00000131. The zero-order valence-electron chi connectivity index (χ0n) is 15.4. The first-order valence-corrected chi connectivity index (χ1v) is 9.15. The topological polar surface area (TPSA) is 57.5 Å². The van der Waals surface area contributed by atoms with Crippen molar-refractivity contribution >= 4 is 36.4 Å². The third kappa shape index (κ3) is 4.60. The summed E-state index contributed by atoms with van der Waals surface area (Å²) in [7, 11) is 0. The number of benzene rings is 1. The van der Waals surface area contributed by atoms with Crippen LogP contribution in [-0.2, 0) is 13.0 Å². The average Bonchev–Trinajstić information content (AvgIpc) is 3.21. The van der Waals surface area contributed by atoms with E-state index < -0.39 is 0 Å². The van der Waals surface area contributed by atoms with E-state index in [1.807, 2.05) is 0 Å². The number of hydrogen-bond donors (Lipinski definition) is 2. The number of fused-ring (bicyclic) bond motifs is 1. The van der Waals surface area contributed by atoms with Crippen molar-refractivity contribution in [3.8, 4) is 0 Å². The van der Waals surface area contributed by atoms with E-state index in [-0.39, 0.29) is 36.8 Å². The molecule has 7 heteroatoms. The number of nitrogens with zero attached hydrogens (tertiary/aromatic N) is 1. The van der Waals surface area contributed by atoms with Crippen LogP contribution in [0.25, 0.3) is 0 Å². The lowest BCUT2D eigenvalue weighted by Gasteiger charge is -2.25. The van der Waals surface area contributed by atoms with Crippen molar-refractivity contribution in [3.05, 3.63) is 53.5 Å². The van der Waals surface area contributed by atoms with Gasteiger partial charge in [0.1, 0.15) is 5.76 Å². The lowest BCUT2D eigenvalue weighted by Crippen LogP contribution is -2.45. The van der Waals surface area contributed by atoms with Crippen LogP contribution in [0, 0.1) is 0 Å². The van der Waals surface area contributed by atoms with Crippen LogP contribution in [0.4, 0.5) is 5.69 Å². The van der Waals surface area contributed by atoms with Crippen LogP contribution >= 0.6 is 24.8 Å². The van der Waals surface area contributed by atoms with Gasteiger partial charge in [0.25, 0.3) is 5.91 Å². The first-order valence-electron chi connectivity index (χ1n) is 9.15. The lowest BCUT2D eigenvalue weighted by atomic mass is 10.1. The van der Waals surface area contributed by atoms with Crippen LogP contribution in [0.1, 0.15) is 41.4 Å². The minimum Gasteiger partial charge on any atom is -0.467 e. The fraction of sp³-hybridized carbons (Fsp3) is 0.450. The van der Waals surface area contributed by atoms with Crippen molar-refractivity contribution in [2.24, 2.45) is 0 Å². The van der Waals surface area contributed by atoms with E-state index in [2.05, 4.69) is 46.7 Å². The standard InChI is InChI=1S/C20H25N3O2.2ClH/c1-14-11-15-5-2-3-7-18(15)23(14)13-19-17(8-10-25-19)20(24)22-16-6-4-9-21-12-16;;/h2-3,5,7-8,10,14,16,21H,4,6,9,11-13H2,1H3,(H,22,24);2*1H. The Labute approximate surface area is 172 Å². The molecule has 2 aliphatic rings. The first kappa shape index (κ1) is 21.6. The minimum absolute atomic E-state index is 0. The van der Waals surface area contributed by atoms with Crippen LogP contribution in [0.5, 0.6) is 0 Å². The van der Waals surface area contributed by atoms with Gasteiger partial charge in [-0.2, -0.15) is 0 Å². The monoisotopic (exact) mass is 411 g/mol. The fourth-order valence-electron chi connectivity index (χ4n) is 3.93. The van der Waals surface area contributed by atoms with Gasteiger partial charge >= 0.3 is 0 Å². The summed E-state index contributed by atoms with van der Waals surface area (Å²) < 4.78 is 5.68. The van der Waals surface area contributed by atoms with Gasteiger partial charge in [0.15, 0.2) is 0 Å². The van der Waals surface area contributed by atoms with E-state index in [1.165, 1.54) is 11.3 Å². The maximum absolute atomic E-state index is 12.7. The summed E-state index contributed by atoms with van der Waals surface area (Å²) in [6, 6.07) is 10.9. The number of halogens is 2. The molecule has 1 amide bonds. The molecule has 2 N–H and O–H groups in total. The molecule has 2 aliphatic heterocycles. The van der Waals surface area contributed by atoms with Crippen molar-refractivity contribution in [1.29, 1.82) is 0 Å². The zero-order chi connectivity index (χ0) is 17.2. The summed E-state index contributed by atoms with van der Waals surface area (Å²) in [5.74, 6) is 0.711. The lowest BCUT2D eigenvalue weighted by molar-refractivity contribution is 0.0928. The van der Waals surface area contributed by atoms with Crippen LogP contribution in [0.2, 0.25) is 0 Å². The van der Waals surface area contributed by atoms with E-state index in [0.717, 1.165) is 38.1 Å². The summed E-state index contributed by atoms with van der Waals surface area (Å²) in [6.45, 7) is 4.72. The maximum atomic E-state index is 12.7. The van der Waals surface area contributed by atoms with Gasteiger partial charge in [-0.05, 0) is 50.4 Å². The van der Waals surface area contributed by atoms with Gasteiger partial charge in [-0.1, -0.05) is 18.2 Å². The molecule has 2 atom stereocenters. The van der Waals surface area contributed by atoms with E-state index in [0.29, 0.717) is 18.2 Å². The molecule has 1 aromatic heterocycles. The molecule has 27 heavy (non-hydrogen) atoms. The highest BCUT2D eigenvalue weighted by molar-refractivity contribution is 5.95. The summed E-state index contributed by atoms with van der Waals surface area (Å²) in [5.41, 5.74) is 3.26. The van der Waals surface area contributed by atoms with Crippen LogP contribution in [0.3, 0.4) is 0 Å². The molecule has 1 aromatic carbocycles. The van der Waals surface area contributed by atoms with E-state index in [1.54, 1.807) is 12.3 Å². The highest BCUT2D eigenvalue weighted by atomic mass is 35.5. The number of nitrogens with one attached hydrogen (secondary N) is 2. The second-order valence-electron chi connectivity index (χ2n) is 7.08. The largest absolute Gasteiger partial charge is 0.467 e. The van der Waals surface area contributed by atoms with Crippen molar-refractivity contribution in [2.45, 2.75) is 44.8 Å². The second-order valence-corrected chi connectivity index (χ2v) is 7.08.